The van der Waals surface area contributed by atoms with Crippen LogP contribution in [0.15, 0.2) is 18.2 Å². The second kappa shape index (κ2) is 6.08. The highest BCUT2D eigenvalue weighted by atomic mass is 16.5. The van der Waals surface area contributed by atoms with Gasteiger partial charge in [-0.25, -0.2) is 4.79 Å². The van der Waals surface area contributed by atoms with E-state index in [1.165, 1.54) is 12.0 Å². The van der Waals surface area contributed by atoms with Gasteiger partial charge < -0.3 is 10.1 Å². The number of hydrogen-bond donors (Lipinski definition) is 1. The van der Waals surface area contributed by atoms with Crippen molar-refractivity contribution < 1.29 is 9.53 Å². The molecule has 0 aromatic heterocycles. The van der Waals surface area contributed by atoms with E-state index in [1.807, 2.05) is 18.2 Å². The number of aryl methyl sites for hydroxylation is 1. The highest BCUT2D eigenvalue weighted by Gasteiger charge is 2.27. The van der Waals surface area contributed by atoms with Gasteiger partial charge in [0.15, 0.2) is 0 Å². The maximum Gasteiger partial charge on any atom is 0.338 e. The van der Waals surface area contributed by atoms with E-state index in [0.29, 0.717) is 17.4 Å². The second-order valence-electron chi connectivity index (χ2n) is 6.85. The van der Waals surface area contributed by atoms with Crippen molar-refractivity contribution in [1.82, 2.24) is 0 Å². The largest absolute Gasteiger partial charge is 0.459 e. The summed E-state index contributed by atoms with van der Waals surface area (Å²) in [7, 11) is 0. The van der Waals surface area contributed by atoms with E-state index in [1.54, 1.807) is 0 Å². The Morgan fingerprint density at radius 1 is 1.19 bits per heavy atom. The van der Waals surface area contributed by atoms with Crippen molar-refractivity contribution in [3.8, 4) is 0 Å². The minimum absolute atomic E-state index is 0.0883. The molecule has 1 N–H and O–H groups in total. The molecule has 2 unspecified atom stereocenters. The van der Waals surface area contributed by atoms with Crippen LogP contribution in [0.3, 0.4) is 0 Å². The smallest absolute Gasteiger partial charge is 0.338 e. The molecule has 3 rings (SSSR count). The standard InChI is InChI=1S/C18H25NO2/c1-12-8-13(2)10-16(9-12)21-18(20)15-5-6-17-14(11-15)4-3-7-19-17/h5-6,11-13,16,19H,3-4,7-10H2,1-2H3. The van der Waals surface area contributed by atoms with E-state index in [4.69, 9.17) is 4.74 Å². The molecule has 1 aliphatic carbocycles. The Bertz CT molecular complexity index is 516. The molecule has 1 fully saturated rings. The summed E-state index contributed by atoms with van der Waals surface area (Å²) >= 11 is 0. The van der Waals surface area contributed by atoms with Gasteiger partial charge in [-0.3, -0.25) is 0 Å². The maximum atomic E-state index is 12.4. The second-order valence-corrected chi connectivity index (χ2v) is 6.85. The molecule has 1 aliphatic heterocycles. The number of esters is 1. The lowest BCUT2D eigenvalue weighted by Gasteiger charge is -2.31. The molecule has 21 heavy (non-hydrogen) atoms. The molecule has 3 nitrogen and oxygen atoms in total. The number of carbonyl (C=O) groups is 1. The Balaban J connectivity index is 1.67. The number of fused-ring (bicyclic) bond motifs is 1. The van der Waals surface area contributed by atoms with Crippen LogP contribution < -0.4 is 5.32 Å². The summed E-state index contributed by atoms with van der Waals surface area (Å²) in [5.41, 5.74) is 3.10. The van der Waals surface area contributed by atoms with Crippen molar-refractivity contribution in [2.75, 3.05) is 11.9 Å². The van der Waals surface area contributed by atoms with Gasteiger partial charge in [-0.15, -0.1) is 0 Å². The molecule has 1 aromatic carbocycles. The number of benzene rings is 1. The fourth-order valence-electron chi connectivity index (χ4n) is 3.79. The summed E-state index contributed by atoms with van der Waals surface area (Å²) in [6, 6.07) is 5.89. The summed E-state index contributed by atoms with van der Waals surface area (Å²) in [5.74, 6) is 1.15. The molecule has 1 heterocycles. The van der Waals surface area contributed by atoms with Gasteiger partial charge in [-0.05, 0) is 67.7 Å². The molecule has 3 heteroatoms. The van der Waals surface area contributed by atoms with Crippen LogP contribution in [-0.2, 0) is 11.2 Å². The molecule has 0 radical (unpaired) electrons. The van der Waals surface area contributed by atoms with Gasteiger partial charge in [0.05, 0.1) is 5.56 Å². The van der Waals surface area contributed by atoms with Crippen LogP contribution in [0.4, 0.5) is 5.69 Å². The first-order valence-electron chi connectivity index (χ1n) is 8.19. The Kier molecular flexibility index (Phi) is 4.18. The lowest BCUT2D eigenvalue weighted by molar-refractivity contribution is 0.00805. The number of hydrogen-bond acceptors (Lipinski definition) is 3. The SMILES string of the molecule is CC1CC(C)CC(OC(=O)c2ccc3c(c2)CCCN3)C1. The molecule has 0 saturated heterocycles. The van der Waals surface area contributed by atoms with Crippen LogP contribution in [0, 0.1) is 11.8 Å². The lowest BCUT2D eigenvalue weighted by atomic mass is 9.82. The van der Waals surface area contributed by atoms with Gasteiger partial charge in [0.25, 0.3) is 0 Å². The molecule has 0 bridgehead atoms. The number of nitrogens with one attached hydrogen (secondary N) is 1. The van der Waals surface area contributed by atoms with E-state index in [9.17, 15) is 4.79 Å². The van der Waals surface area contributed by atoms with Crippen LogP contribution in [0.5, 0.6) is 0 Å². The average molecular weight is 287 g/mol. The molecular weight excluding hydrogens is 262 g/mol. The van der Waals surface area contributed by atoms with Gasteiger partial charge in [0, 0.05) is 12.2 Å². The molecule has 1 saturated carbocycles. The van der Waals surface area contributed by atoms with Crippen molar-refractivity contribution in [3.05, 3.63) is 29.3 Å². The van der Waals surface area contributed by atoms with Gasteiger partial charge in [-0.1, -0.05) is 13.8 Å². The molecule has 114 valence electrons. The van der Waals surface area contributed by atoms with Crippen molar-refractivity contribution >= 4 is 11.7 Å². The zero-order valence-corrected chi connectivity index (χ0v) is 13.0. The third kappa shape index (κ3) is 3.39. The minimum atomic E-state index is -0.158. The number of ether oxygens (including phenoxy) is 1. The maximum absolute atomic E-state index is 12.4. The van der Waals surface area contributed by atoms with Crippen molar-refractivity contribution in [1.29, 1.82) is 0 Å². The lowest BCUT2D eigenvalue weighted by Crippen LogP contribution is -2.28. The topological polar surface area (TPSA) is 38.3 Å². The van der Waals surface area contributed by atoms with Gasteiger partial charge in [-0.2, -0.15) is 0 Å². The number of rotatable bonds is 2. The number of carbonyl (C=O) groups excluding carboxylic acids is 1. The molecule has 0 spiro atoms. The first-order valence-corrected chi connectivity index (χ1v) is 8.19. The summed E-state index contributed by atoms with van der Waals surface area (Å²) in [4.78, 5) is 12.4. The Morgan fingerprint density at radius 2 is 1.95 bits per heavy atom. The van der Waals surface area contributed by atoms with Crippen LogP contribution in [0.25, 0.3) is 0 Å². The third-order valence-electron chi connectivity index (χ3n) is 4.69. The normalized spacial score (nSPS) is 28.4. The van der Waals surface area contributed by atoms with Crippen LogP contribution in [0.2, 0.25) is 0 Å². The fraction of sp³-hybridized carbons (Fsp3) is 0.611. The first-order chi connectivity index (χ1) is 10.1. The molecule has 1 aromatic rings. The van der Waals surface area contributed by atoms with E-state index in [2.05, 4.69) is 19.2 Å². The van der Waals surface area contributed by atoms with E-state index < -0.39 is 0 Å². The first kappa shape index (κ1) is 14.4. The van der Waals surface area contributed by atoms with Crippen LogP contribution in [-0.4, -0.2) is 18.6 Å². The summed E-state index contributed by atoms with van der Waals surface area (Å²) < 4.78 is 5.75. The highest BCUT2D eigenvalue weighted by Crippen LogP contribution is 2.31. The van der Waals surface area contributed by atoms with Gasteiger partial charge in [0.2, 0.25) is 0 Å². The number of anilines is 1. The monoisotopic (exact) mass is 287 g/mol. The molecule has 2 aliphatic rings. The average Bonchev–Trinajstić information content (AvgIpc) is 2.45. The Labute approximate surface area is 127 Å². The zero-order chi connectivity index (χ0) is 14.8. The quantitative estimate of drug-likeness (QED) is 0.835. The highest BCUT2D eigenvalue weighted by molar-refractivity contribution is 5.90. The van der Waals surface area contributed by atoms with Crippen molar-refractivity contribution in [2.45, 2.75) is 52.1 Å². The summed E-state index contributed by atoms with van der Waals surface area (Å²) in [5, 5.41) is 3.37. The molecular formula is C18H25NO2. The Morgan fingerprint density at radius 3 is 2.71 bits per heavy atom. The molecule has 2 atom stereocenters. The van der Waals surface area contributed by atoms with E-state index >= 15 is 0 Å². The van der Waals surface area contributed by atoms with E-state index in [0.717, 1.165) is 37.9 Å². The van der Waals surface area contributed by atoms with Crippen molar-refractivity contribution in [3.63, 3.8) is 0 Å². The fourth-order valence-corrected chi connectivity index (χ4v) is 3.79. The Hall–Kier alpha value is -1.51. The van der Waals surface area contributed by atoms with Crippen LogP contribution >= 0.6 is 0 Å². The van der Waals surface area contributed by atoms with Crippen LogP contribution in [0.1, 0.15) is 55.5 Å². The van der Waals surface area contributed by atoms with E-state index in [-0.39, 0.29) is 12.1 Å². The predicted molar refractivity (Wildman–Crippen MR) is 84.6 cm³/mol. The third-order valence-corrected chi connectivity index (χ3v) is 4.69. The molecule has 0 amide bonds. The summed E-state index contributed by atoms with van der Waals surface area (Å²) in [6.07, 6.45) is 5.51. The van der Waals surface area contributed by atoms with Gasteiger partial charge in [0.1, 0.15) is 6.10 Å². The predicted octanol–water partition coefficient (Wildman–Crippen LogP) is 4.03. The zero-order valence-electron chi connectivity index (χ0n) is 13.0. The van der Waals surface area contributed by atoms with Gasteiger partial charge >= 0.3 is 5.97 Å². The minimum Gasteiger partial charge on any atom is -0.459 e. The summed E-state index contributed by atoms with van der Waals surface area (Å²) in [6.45, 7) is 5.52. The van der Waals surface area contributed by atoms with Crippen molar-refractivity contribution in [2.24, 2.45) is 11.8 Å².